The maximum absolute atomic E-state index is 12.1. The fourth-order valence-corrected chi connectivity index (χ4v) is 2.68. The van der Waals surface area contributed by atoms with E-state index in [1.54, 1.807) is 0 Å². The van der Waals surface area contributed by atoms with E-state index in [1.165, 1.54) is 12.8 Å². The van der Waals surface area contributed by atoms with Crippen LogP contribution in [-0.2, 0) is 16.1 Å². The molecule has 0 amide bonds. The summed E-state index contributed by atoms with van der Waals surface area (Å²) in [5.41, 5.74) is 1.06. The molecule has 1 aromatic rings. The second-order valence-corrected chi connectivity index (χ2v) is 5.59. The molecule has 3 nitrogen and oxygen atoms in total. The summed E-state index contributed by atoms with van der Waals surface area (Å²) >= 11 is 0. The summed E-state index contributed by atoms with van der Waals surface area (Å²) in [5.74, 6) is 0.0272. The number of likely N-dealkylation sites (tertiary alicyclic amines) is 1. The van der Waals surface area contributed by atoms with E-state index in [0.717, 1.165) is 38.0 Å². The number of rotatable bonds is 6. The highest BCUT2D eigenvalue weighted by Crippen LogP contribution is 2.19. The van der Waals surface area contributed by atoms with E-state index in [1.807, 2.05) is 30.3 Å². The maximum Gasteiger partial charge on any atom is 0.310 e. The third-order valence-corrected chi connectivity index (χ3v) is 3.89. The number of hydrogen-bond acceptors (Lipinski definition) is 3. The molecule has 3 heteroatoms. The summed E-state index contributed by atoms with van der Waals surface area (Å²) in [7, 11) is 0. The number of unbranched alkanes of at least 4 members (excludes halogenated alkanes) is 1. The number of carbonyl (C=O) groups is 1. The van der Waals surface area contributed by atoms with Gasteiger partial charge in [0.05, 0.1) is 5.92 Å². The Morgan fingerprint density at radius 1 is 1.35 bits per heavy atom. The normalized spacial score (nSPS) is 19.8. The predicted octanol–water partition coefficient (Wildman–Crippen LogP) is 3.24. The van der Waals surface area contributed by atoms with Gasteiger partial charge in [-0.25, -0.2) is 0 Å². The summed E-state index contributed by atoms with van der Waals surface area (Å²) in [6.07, 6.45) is 4.50. The van der Waals surface area contributed by atoms with Crippen LogP contribution in [0.1, 0.15) is 38.2 Å². The van der Waals surface area contributed by atoms with Crippen molar-refractivity contribution < 1.29 is 9.53 Å². The zero-order valence-electron chi connectivity index (χ0n) is 12.4. The lowest BCUT2D eigenvalue weighted by molar-refractivity contribution is -0.151. The van der Waals surface area contributed by atoms with Gasteiger partial charge in [0.25, 0.3) is 0 Å². The van der Waals surface area contributed by atoms with Crippen molar-refractivity contribution in [3.63, 3.8) is 0 Å². The van der Waals surface area contributed by atoms with Crippen LogP contribution in [0.15, 0.2) is 30.3 Å². The lowest BCUT2D eigenvalue weighted by atomic mass is 9.98. The molecule has 2 rings (SSSR count). The quantitative estimate of drug-likeness (QED) is 0.746. The van der Waals surface area contributed by atoms with Crippen molar-refractivity contribution >= 4 is 5.97 Å². The minimum absolute atomic E-state index is 0.0324. The Morgan fingerprint density at radius 3 is 2.90 bits per heavy atom. The van der Waals surface area contributed by atoms with Crippen LogP contribution in [0.3, 0.4) is 0 Å². The first-order chi connectivity index (χ1) is 9.79. The fourth-order valence-electron chi connectivity index (χ4n) is 2.68. The van der Waals surface area contributed by atoms with E-state index >= 15 is 0 Å². The first-order valence-electron chi connectivity index (χ1n) is 7.72. The van der Waals surface area contributed by atoms with Crippen LogP contribution in [0, 0.1) is 5.92 Å². The average molecular weight is 275 g/mol. The number of ether oxygens (including phenoxy) is 1. The van der Waals surface area contributed by atoms with Crippen LogP contribution in [0.5, 0.6) is 0 Å². The number of piperidine rings is 1. The monoisotopic (exact) mass is 275 g/mol. The first kappa shape index (κ1) is 15.0. The van der Waals surface area contributed by atoms with Gasteiger partial charge in [-0.3, -0.25) is 4.79 Å². The Balaban J connectivity index is 1.77. The third kappa shape index (κ3) is 4.64. The van der Waals surface area contributed by atoms with Crippen molar-refractivity contribution in [2.75, 3.05) is 19.6 Å². The van der Waals surface area contributed by atoms with Gasteiger partial charge in [-0.1, -0.05) is 43.7 Å². The molecular weight excluding hydrogens is 250 g/mol. The molecule has 0 N–H and O–H groups in total. The molecular formula is C17H25NO2. The second kappa shape index (κ2) is 8.05. The molecule has 1 aromatic carbocycles. The van der Waals surface area contributed by atoms with Crippen molar-refractivity contribution in [1.82, 2.24) is 4.90 Å². The number of carbonyl (C=O) groups excluding carboxylic acids is 1. The number of hydrogen-bond donors (Lipinski definition) is 0. The van der Waals surface area contributed by atoms with Gasteiger partial charge in [0.1, 0.15) is 6.61 Å². The molecule has 1 aliphatic rings. The molecule has 1 atom stereocenters. The SMILES string of the molecule is CCCCN1CCCC(C(=O)OCc2ccccc2)C1. The smallest absolute Gasteiger partial charge is 0.310 e. The van der Waals surface area contributed by atoms with Gasteiger partial charge in [0.15, 0.2) is 0 Å². The van der Waals surface area contributed by atoms with Crippen molar-refractivity contribution in [2.24, 2.45) is 5.92 Å². The molecule has 1 saturated heterocycles. The lowest BCUT2D eigenvalue weighted by Crippen LogP contribution is -2.39. The molecule has 0 spiro atoms. The van der Waals surface area contributed by atoms with Crippen LogP contribution >= 0.6 is 0 Å². The molecule has 0 saturated carbocycles. The molecule has 0 aliphatic carbocycles. The van der Waals surface area contributed by atoms with Crippen LogP contribution in [0.4, 0.5) is 0 Å². The summed E-state index contributed by atoms with van der Waals surface area (Å²) in [6, 6.07) is 9.88. The van der Waals surface area contributed by atoms with Gasteiger partial charge in [-0.15, -0.1) is 0 Å². The molecule has 1 heterocycles. The zero-order chi connectivity index (χ0) is 14.2. The lowest BCUT2D eigenvalue weighted by Gasteiger charge is -2.31. The summed E-state index contributed by atoms with van der Waals surface area (Å²) in [4.78, 5) is 14.5. The third-order valence-electron chi connectivity index (χ3n) is 3.89. The highest BCUT2D eigenvalue weighted by molar-refractivity contribution is 5.72. The van der Waals surface area contributed by atoms with E-state index in [9.17, 15) is 4.79 Å². The van der Waals surface area contributed by atoms with E-state index in [-0.39, 0.29) is 11.9 Å². The Labute approximate surface area is 121 Å². The standard InChI is InChI=1S/C17H25NO2/c1-2-3-11-18-12-7-10-16(13-18)17(19)20-14-15-8-5-4-6-9-15/h4-6,8-9,16H,2-3,7,10-14H2,1H3. The highest BCUT2D eigenvalue weighted by Gasteiger charge is 2.26. The largest absolute Gasteiger partial charge is 0.461 e. The Bertz CT molecular complexity index is 405. The molecule has 1 fully saturated rings. The Morgan fingerprint density at radius 2 is 2.15 bits per heavy atom. The van der Waals surface area contributed by atoms with Crippen molar-refractivity contribution in [2.45, 2.75) is 39.2 Å². The Hall–Kier alpha value is -1.35. The summed E-state index contributed by atoms with van der Waals surface area (Å²) in [5, 5.41) is 0. The van der Waals surface area contributed by atoms with Gasteiger partial charge < -0.3 is 9.64 Å². The number of nitrogens with zero attached hydrogens (tertiary/aromatic N) is 1. The van der Waals surface area contributed by atoms with E-state index < -0.39 is 0 Å². The van der Waals surface area contributed by atoms with E-state index in [4.69, 9.17) is 4.74 Å². The molecule has 0 aromatic heterocycles. The molecule has 0 radical (unpaired) electrons. The minimum Gasteiger partial charge on any atom is -0.461 e. The minimum atomic E-state index is -0.0324. The predicted molar refractivity (Wildman–Crippen MR) is 80.3 cm³/mol. The summed E-state index contributed by atoms with van der Waals surface area (Å²) in [6.45, 7) is 5.70. The van der Waals surface area contributed by atoms with Crippen LogP contribution in [0.2, 0.25) is 0 Å². The van der Waals surface area contributed by atoms with Gasteiger partial charge in [-0.05, 0) is 37.9 Å². The molecule has 110 valence electrons. The van der Waals surface area contributed by atoms with Gasteiger partial charge in [0, 0.05) is 6.54 Å². The van der Waals surface area contributed by atoms with Crippen LogP contribution in [0.25, 0.3) is 0 Å². The van der Waals surface area contributed by atoms with Gasteiger partial charge in [0.2, 0.25) is 0 Å². The molecule has 1 aliphatic heterocycles. The first-order valence-corrected chi connectivity index (χ1v) is 7.72. The fraction of sp³-hybridized carbons (Fsp3) is 0.588. The average Bonchev–Trinajstić information content (AvgIpc) is 2.52. The van der Waals surface area contributed by atoms with Crippen LogP contribution < -0.4 is 0 Å². The van der Waals surface area contributed by atoms with Crippen LogP contribution in [-0.4, -0.2) is 30.5 Å². The van der Waals surface area contributed by atoms with E-state index in [0.29, 0.717) is 6.61 Å². The number of benzene rings is 1. The number of esters is 1. The van der Waals surface area contributed by atoms with Gasteiger partial charge in [-0.2, -0.15) is 0 Å². The topological polar surface area (TPSA) is 29.5 Å². The van der Waals surface area contributed by atoms with Crippen molar-refractivity contribution in [3.05, 3.63) is 35.9 Å². The molecule has 0 bridgehead atoms. The summed E-state index contributed by atoms with van der Waals surface area (Å²) < 4.78 is 5.45. The Kier molecular flexibility index (Phi) is 6.06. The maximum atomic E-state index is 12.1. The molecule has 1 unspecified atom stereocenters. The highest BCUT2D eigenvalue weighted by atomic mass is 16.5. The van der Waals surface area contributed by atoms with Crippen molar-refractivity contribution in [1.29, 1.82) is 0 Å². The van der Waals surface area contributed by atoms with Gasteiger partial charge >= 0.3 is 5.97 Å². The molecule has 20 heavy (non-hydrogen) atoms. The zero-order valence-corrected chi connectivity index (χ0v) is 12.4. The second-order valence-electron chi connectivity index (χ2n) is 5.59. The van der Waals surface area contributed by atoms with E-state index in [2.05, 4.69) is 11.8 Å². The van der Waals surface area contributed by atoms with Crippen molar-refractivity contribution in [3.8, 4) is 0 Å².